The van der Waals surface area contributed by atoms with Crippen molar-refractivity contribution < 1.29 is 27.8 Å². The first kappa shape index (κ1) is 18.1. The molecule has 1 rings (SSSR count). The van der Waals surface area contributed by atoms with Gasteiger partial charge >= 0.3 is 12.3 Å². The summed E-state index contributed by atoms with van der Waals surface area (Å²) in [6, 6.07) is 0. The van der Waals surface area contributed by atoms with Crippen LogP contribution in [0, 0.1) is 5.92 Å². The fraction of sp³-hybridized carbons (Fsp3) is 0.929. The van der Waals surface area contributed by atoms with Crippen LogP contribution in [0.15, 0.2) is 0 Å². The number of carbonyl (C=O) groups excluding carboxylic acids is 1. The molecule has 0 bridgehead atoms. The summed E-state index contributed by atoms with van der Waals surface area (Å²) in [5.74, 6) is -0.888. The van der Waals surface area contributed by atoms with E-state index in [2.05, 4.69) is 0 Å². The second kappa shape index (κ2) is 6.02. The quantitative estimate of drug-likeness (QED) is 0.851. The monoisotopic (exact) mass is 311 g/mol. The third kappa shape index (κ3) is 4.25. The summed E-state index contributed by atoms with van der Waals surface area (Å²) < 4.78 is 44.2. The Balaban J connectivity index is 2.65. The second-order valence-corrected chi connectivity index (χ2v) is 6.52. The lowest BCUT2D eigenvalue weighted by molar-refractivity contribution is -0.284. The first-order valence-corrected chi connectivity index (χ1v) is 7.17. The number of amides is 1. The number of nitrogens with zero attached hydrogens (tertiary/aromatic N) is 1. The number of piperidine rings is 1. The molecule has 7 heteroatoms. The lowest BCUT2D eigenvalue weighted by atomic mass is 9.78. The number of hydrogen-bond donors (Lipinski definition) is 1. The van der Waals surface area contributed by atoms with Crippen LogP contribution in [0.5, 0.6) is 0 Å². The summed E-state index contributed by atoms with van der Waals surface area (Å²) in [7, 11) is 0. The average molecular weight is 311 g/mol. The van der Waals surface area contributed by atoms with Crippen LogP contribution in [0.3, 0.4) is 0 Å². The van der Waals surface area contributed by atoms with Crippen LogP contribution in [0.2, 0.25) is 0 Å². The molecule has 0 aromatic rings. The summed E-state index contributed by atoms with van der Waals surface area (Å²) in [4.78, 5) is 13.3. The molecular weight excluding hydrogens is 287 g/mol. The number of halogens is 3. The molecule has 124 valence electrons. The molecule has 1 aliphatic rings. The molecule has 4 nitrogen and oxygen atoms in total. The highest BCUT2D eigenvalue weighted by Crippen LogP contribution is 2.43. The maximum atomic E-state index is 13.0. The van der Waals surface area contributed by atoms with Crippen LogP contribution < -0.4 is 0 Å². The Bertz CT molecular complexity index is 371. The van der Waals surface area contributed by atoms with Gasteiger partial charge in [0, 0.05) is 13.1 Å². The van der Waals surface area contributed by atoms with Crippen LogP contribution in [-0.4, -0.2) is 46.6 Å². The van der Waals surface area contributed by atoms with Gasteiger partial charge in [-0.25, -0.2) is 4.79 Å². The van der Waals surface area contributed by atoms with Crippen LogP contribution in [-0.2, 0) is 4.74 Å². The minimum Gasteiger partial charge on any atom is -0.444 e. The number of hydrogen-bond acceptors (Lipinski definition) is 3. The summed E-state index contributed by atoms with van der Waals surface area (Å²) >= 11 is 0. The standard InChI is InChI=1S/C14H24F3NO3/c1-5-13(20,14(15,16)17)10-6-8-18(9-7-10)11(19)21-12(2,3)4/h10,20H,5-9H2,1-4H3/t13-/m0/s1. The van der Waals surface area contributed by atoms with Crippen LogP contribution in [0.25, 0.3) is 0 Å². The SMILES string of the molecule is CC[C@](O)(C1CCN(C(=O)OC(C)(C)C)CC1)C(F)(F)F. The fourth-order valence-electron chi connectivity index (χ4n) is 2.59. The molecule has 0 unspecified atom stereocenters. The van der Waals surface area contributed by atoms with Gasteiger partial charge in [0.1, 0.15) is 5.60 Å². The molecule has 0 aromatic carbocycles. The van der Waals surface area contributed by atoms with E-state index in [1.54, 1.807) is 20.8 Å². The van der Waals surface area contributed by atoms with E-state index in [0.717, 1.165) is 0 Å². The second-order valence-electron chi connectivity index (χ2n) is 6.52. The highest BCUT2D eigenvalue weighted by Gasteiger charge is 2.57. The zero-order chi connectivity index (χ0) is 16.5. The van der Waals surface area contributed by atoms with Crippen molar-refractivity contribution in [3.8, 4) is 0 Å². The summed E-state index contributed by atoms with van der Waals surface area (Å²) in [5.41, 5.74) is -3.31. The van der Waals surface area contributed by atoms with Crippen LogP contribution in [0.1, 0.15) is 47.0 Å². The smallest absolute Gasteiger partial charge is 0.417 e. The molecule has 0 radical (unpaired) electrons. The van der Waals surface area contributed by atoms with Crippen molar-refractivity contribution >= 4 is 6.09 Å². The van der Waals surface area contributed by atoms with Gasteiger partial charge < -0.3 is 14.7 Å². The minimum atomic E-state index is -4.65. The molecule has 0 aromatic heterocycles. The molecule has 1 aliphatic heterocycles. The van der Waals surface area contributed by atoms with E-state index in [-0.39, 0.29) is 32.4 Å². The fourth-order valence-corrected chi connectivity index (χ4v) is 2.59. The van der Waals surface area contributed by atoms with E-state index in [4.69, 9.17) is 4.74 Å². The van der Waals surface area contributed by atoms with Crippen LogP contribution >= 0.6 is 0 Å². The Morgan fingerprint density at radius 1 is 1.24 bits per heavy atom. The van der Waals surface area contributed by atoms with Crippen molar-refractivity contribution in [3.63, 3.8) is 0 Å². The molecule has 1 fully saturated rings. The molecule has 1 N–H and O–H groups in total. The van der Waals surface area contributed by atoms with Gasteiger partial charge in [-0.2, -0.15) is 13.2 Å². The molecule has 1 heterocycles. The highest BCUT2D eigenvalue weighted by atomic mass is 19.4. The molecule has 0 spiro atoms. The molecule has 1 saturated heterocycles. The number of rotatable bonds is 2. The largest absolute Gasteiger partial charge is 0.444 e. The first-order chi connectivity index (χ1) is 9.40. The summed E-state index contributed by atoms with van der Waals surface area (Å²) in [6.45, 7) is 6.86. The van der Waals surface area contributed by atoms with Crippen molar-refractivity contribution in [2.75, 3.05) is 13.1 Å². The summed E-state index contributed by atoms with van der Waals surface area (Å²) in [5, 5.41) is 9.93. The minimum absolute atomic E-state index is 0.114. The van der Waals surface area contributed by atoms with Gasteiger partial charge in [-0.15, -0.1) is 0 Å². The number of carbonyl (C=O) groups is 1. The Morgan fingerprint density at radius 2 is 1.71 bits per heavy atom. The van der Waals surface area contributed by atoms with E-state index >= 15 is 0 Å². The van der Waals surface area contributed by atoms with E-state index in [1.165, 1.54) is 11.8 Å². The predicted molar refractivity (Wildman–Crippen MR) is 71.8 cm³/mol. The summed E-state index contributed by atoms with van der Waals surface area (Å²) in [6.07, 6.45) is -5.33. The van der Waals surface area contributed by atoms with Gasteiger partial charge in [0.25, 0.3) is 0 Å². The van der Waals surface area contributed by atoms with E-state index in [9.17, 15) is 23.1 Å². The molecule has 1 amide bonds. The third-order valence-corrected chi connectivity index (χ3v) is 3.85. The van der Waals surface area contributed by atoms with Gasteiger partial charge in [-0.1, -0.05) is 6.92 Å². The lowest BCUT2D eigenvalue weighted by Crippen LogP contribution is -2.54. The third-order valence-electron chi connectivity index (χ3n) is 3.85. The predicted octanol–water partition coefficient (Wildman–Crippen LogP) is 3.34. The van der Waals surface area contributed by atoms with Crippen molar-refractivity contribution in [2.45, 2.75) is 64.3 Å². The van der Waals surface area contributed by atoms with E-state index in [0.29, 0.717) is 0 Å². The van der Waals surface area contributed by atoms with Gasteiger partial charge in [-0.05, 0) is 46.0 Å². The molecule has 0 aliphatic carbocycles. The number of likely N-dealkylation sites (tertiary alicyclic amines) is 1. The maximum absolute atomic E-state index is 13.0. The number of ether oxygens (including phenoxy) is 1. The van der Waals surface area contributed by atoms with Crippen molar-refractivity contribution in [2.24, 2.45) is 5.92 Å². The Morgan fingerprint density at radius 3 is 2.05 bits per heavy atom. The zero-order valence-electron chi connectivity index (χ0n) is 13.0. The maximum Gasteiger partial charge on any atom is 0.417 e. The lowest BCUT2D eigenvalue weighted by Gasteiger charge is -2.42. The van der Waals surface area contributed by atoms with Crippen molar-refractivity contribution in [1.29, 1.82) is 0 Å². The van der Waals surface area contributed by atoms with Crippen molar-refractivity contribution in [1.82, 2.24) is 4.90 Å². The van der Waals surface area contributed by atoms with Gasteiger partial charge in [0.05, 0.1) is 0 Å². The molecule has 0 saturated carbocycles. The molecule has 21 heavy (non-hydrogen) atoms. The zero-order valence-corrected chi connectivity index (χ0v) is 13.0. The number of alkyl halides is 3. The Hall–Kier alpha value is -0.980. The van der Waals surface area contributed by atoms with Gasteiger partial charge in [-0.3, -0.25) is 0 Å². The van der Waals surface area contributed by atoms with Gasteiger partial charge in [0.15, 0.2) is 5.60 Å². The molecular formula is C14H24F3NO3. The van der Waals surface area contributed by atoms with E-state index in [1.807, 2.05) is 0 Å². The topological polar surface area (TPSA) is 49.8 Å². The van der Waals surface area contributed by atoms with Gasteiger partial charge in [0.2, 0.25) is 0 Å². The normalized spacial score (nSPS) is 21.0. The molecule has 1 atom stereocenters. The highest BCUT2D eigenvalue weighted by molar-refractivity contribution is 5.68. The Kier molecular flexibility index (Phi) is 5.18. The Labute approximate surface area is 123 Å². The van der Waals surface area contributed by atoms with Crippen LogP contribution in [0.4, 0.5) is 18.0 Å². The van der Waals surface area contributed by atoms with Crippen molar-refractivity contribution in [3.05, 3.63) is 0 Å². The average Bonchev–Trinajstić information content (AvgIpc) is 2.34. The first-order valence-electron chi connectivity index (χ1n) is 7.17. The number of aliphatic hydroxyl groups is 1. The van der Waals surface area contributed by atoms with E-state index < -0.39 is 29.4 Å².